The molecule has 0 aliphatic heterocycles. The fourth-order valence-corrected chi connectivity index (χ4v) is 1.77. The molecule has 116 valence electrons. The highest BCUT2D eigenvalue weighted by atomic mass is 16.5. The number of carboxylic acid groups (broad SMARTS) is 1. The van der Waals surface area contributed by atoms with Crippen molar-refractivity contribution in [2.45, 2.75) is 12.5 Å². The van der Waals surface area contributed by atoms with E-state index in [-0.39, 0.29) is 12.4 Å². The van der Waals surface area contributed by atoms with Crippen molar-refractivity contribution in [1.29, 1.82) is 0 Å². The summed E-state index contributed by atoms with van der Waals surface area (Å²) in [6.45, 7) is 0. The number of ether oxygens (including phenoxy) is 1. The van der Waals surface area contributed by atoms with E-state index in [9.17, 15) is 9.59 Å². The van der Waals surface area contributed by atoms with Crippen molar-refractivity contribution in [3.63, 3.8) is 0 Å². The number of amides is 2. The van der Waals surface area contributed by atoms with Crippen molar-refractivity contribution in [3.05, 3.63) is 29.8 Å². The zero-order chi connectivity index (χ0) is 15.9. The zero-order valence-corrected chi connectivity index (χ0v) is 11.6. The molecule has 10 heteroatoms. The molecule has 2 aromatic rings. The fraction of sp³-hybridized carbons (Fsp3) is 0.250. The lowest BCUT2D eigenvalue weighted by Gasteiger charge is -2.15. The fourth-order valence-electron chi connectivity index (χ4n) is 1.77. The van der Waals surface area contributed by atoms with Crippen LogP contribution < -0.4 is 15.4 Å². The number of carbonyl (C=O) groups excluding carboxylic acids is 1. The third-order valence-electron chi connectivity index (χ3n) is 2.80. The van der Waals surface area contributed by atoms with Crippen LogP contribution in [0.15, 0.2) is 24.3 Å². The first kappa shape index (κ1) is 15.2. The van der Waals surface area contributed by atoms with Crippen LogP contribution in [0.3, 0.4) is 0 Å². The smallest absolute Gasteiger partial charge is 0.405 e. The van der Waals surface area contributed by atoms with Crippen molar-refractivity contribution in [2.75, 3.05) is 12.4 Å². The first-order valence-electron chi connectivity index (χ1n) is 6.25. The topological polar surface area (TPSA) is 142 Å². The number of benzene rings is 1. The molecule has 0 saturated carbocycles. The van der Waals surface area contributed by atoms with Crippen molar-refractivity contribution in [2.24, 2.45) is 0 Å². The summed E-state index contributed by atoms with van der Waals surface area (Å²) in [5, 5.41) is 25.9. The van der Waals surface area contributed by atoms with E-state index in [0.717, 1.165) is 5.56 Å². The van der Waals surface area contributed by atoms with Crippen LogP contribution in [0, 0.1) is 0 Å². The Morgan fingerprint density at radius 2 is 2.09 bits per heavy atom. The Bertz CT molecular complexity index is 628. The standard InChI is InChI=1S/C12H14N6O4/c1-22-8-4-2-7(3-5-8)6-9(13-12(20)21)10(19)14-11-15-17-18-16-11/h2-5,9,13H,6H2,1H3,(H,20,21)(H2,14,15,16,17,18,19). The summed E-state index contributed by atoms with van der Waals surface area (Å²) in [5.41, 5.74) is 0.769. The van der Waals surface area contributed by atoms with Crippen LogP contribution in [-0.4, -0.2) is 50.9 Å². The van der Waals surface area contributed by atoms with Gasteiger partial charge in [-0.3, -0.25) is 10.1 Å². The van der Waals surface area contributed by atoms with Gasteiger partial charge < -0.3 is 15.2 Å². The van der Waals surface area contributed by atoms with E-state index < -0.39 is 18.0 Å². The molecule has 1 unspecified atom stereocenters. The van der Waals surface area contributed by atoms with Crippen LogP contribution in [0.1, 0.15) is 5.56 Å². The highest BCUT2D eigenvalue weighted by Gasteiger charge is 2.22. The van der Waals surface area contributed by atoms with Gasteiger partial charge in [0.1, 0.15) is 11.8 Å². The number of aromatic nitrogens is 4. The maximum absolute atomic E-state index is 12.1. The number of methoxy groups -OCH3 is 1. The molecular formula is C12H14N6O4. The molecule has 22 heavy (non-hydrogen) atoms. The van der Waals surface area contributed by atoms with Gasteiger partial charge in [-0.1, -0.05) is 17.2 Å². The minimum atomic E-state index is -1.30. The van der Waals surface area contributed by atoms with Gasteiger partial charge in [-0.25, -0.2) is 9.89 Å². The molecule has 0 fully saturated rings. The number of anilines is 1. The van der Waals surface area contributed by atoms with Gasteiger partial charge in [0, 0.05) is 6.42 Å². The number of rotatable bonds is 6. The van der Waals surface area contributed by atoms with Crippen LogP contribution in [0.4, 0.5) is 10.7 Å². The Balaban J connectivity index is 2.07. The highest BCUT2D eigenvalue weighted by Crippen LogP contribution is 2.13. The van der Waals surface area contributed by atoms with Gasteiger partial charge in [0.15, 0.2) is 0 Å². The van der Waals surface area contributed by atoms with E-state index in [1.807, 2.05) is 0 Å². The first-order valence-corrected chi connectivity index (χ1v) is 6.25. The second kappa shape index (κ2) is 7.02. The molecule has 0 saturated heterocycles. The number of aromatic amines is 1. The molecule has 2 amide bonds. The normalized spacial score (nSPS) is 11.5. The SMILES string of the molecule is COc1ccc(CC(NC(=O)O)C(=O)Nc2nnn[nH]2)cc1. The lowest BCUT2D eigenvalue weighted by molar-refractivity contribution is -0.118. The largest absolute Gasteiger partial charge is 0.497 e. The third kappa shape index (κ3) is 4.16. The maximum atomic E-state index is 12.1. The van der Waals surface area contributed by atoms with E-state index in [2.05, 4.69) is 31.3 Å². The summed E-state index contributed by atoms with van der Waals surface area (Å²) >= 11 is 0. The predicted octanol–water partition coefficient (Wildman–Crippen LogP) is 0.0257. The first-order chi connectivity index (χ1) is 10.6. The molecule has 4 N–H and O–H groups in total. The van der Waals surface area contributed by atoms with Gasteiger partial charge in [-0.05, 0) is 28.1 Å². The molecule has 0 bridgehead atoms. The molecule has 1 aromatic heterocycles. The maximum Gasteiger partial charge on any atom is 0.405 e. The van der Waals surface area contributed by atoms with Crippen molar-refractivity contribution >= 4 is 17.9 Å². The van der Waals surface area contributed by atoms with Crippen LogP contribution in [-0.2, 0) is 11.2 Å². The Kier molecular flexibility index (Phi) is 4.85. The molecule has 0 spiro atoms. The van der Waals surface area contributed by atoms with E-state index in [4.69, 9.17) is 9.84 Å². The molecule has 0 radical (unpaired) electrons. The average molecular weight is 306 g/mol. The number of hydrogen-bond acceptors (Lipinski definition) is 6. The minimum Gasteiger partial charge on any atom is -0.497 e. The van der Waals surface area contributed by atoms with E-state index in [0.29, 0.717) is 5.75 Å². The molecule has 1 aromatic carbocycles. The lowest BCUT2D eigenvalue weighted by atomic mass is 10.1. The van der Waals surface area contributed by atoms with E-state index in [1.165, 1.54) is 0 Å². The number of H-pyrrole nitrogens is 1. The predicted molar refractivity (Wildman–Crippen MR) is 74.5 cm³/mol. The van der Waals surface area contributed by atoms with Crippen LogP contribution >= 0.6 is 0 Å². The molecule has 1 heterocycles. The molecule has 1 atom stereocenters. The second-order valence-electron chi connectivity index (χ2n) is 4.29. The van der Waals surface area contributed by atoms with Crippen LogP contribution in [0.2, 0.25) is 0 Å². The Labute approximate surface area is 124 Å². The summed E-state index contributed by atoms with van der Waals surface area (Å²) in [5.74, 6) is 0.136. The number of hydrogen-bond donors (Lipinski definition) is 4. The summed E-state index contributed by atoms with van der Waals surface area (Å²) < 4.78 is 5.04. The monoisotopic (exact) mass is 306 g/mol. The molecule has 10 nitrogen and oxygen atoms in total. The van der Waals surface area contributed by atoms with Crippen LogP contribution in [0.25, 0.3) is 0 Å². The summed E-state index contributed by atoms with van der Waals surface area (Å²) in [6.07, 6.45) is -1.13. The lowest BCUT2D eigenvalue weighted by Crippen LogP contribution is -2.44. The second-order valence-corrected chi connectivity index (χ2v) is 4.29. The van der Waals surface area contributed by atoms with Gasteiger partial charge in [0.05, 0.1) is 7.11 Å². The summed E-state index contributed by atoms with van der Waals surface area (Å²) in [4.78, 5) is 22.9. The summed E-state index contributed by atoms with van der Waals surface area (Å²) in [7, 11) is 1.54. The highest BCUT2D eigenvalue weighted by molar-refractivity contribution is 5.95. The average Bonchev–Trinajstić information content (AvgIpc) is 2.99. The van der Waals surface area contributed by atoms with Crippen molar-refractivity contribution in [3.8, 4) is 5.75 Å². The molecule has 0 aliphatic rings. The van der Waals surface area contributed by atoms with Gasteiger partial charge in [-0.15, -0.1) is 0 Å². The van der Waals surface area contributed by atoms with Gasteiger partial charge in [0.25, 0.3) is 0 Å². The molecular weight excluding hydrogens is 292 g/mol. The number of tetrazole rings is 1. The molecule has 2 rings (SSSR count). The Morgan fingerprint density at radius 3 is 2.64 bits per heavy atom. The van der Waals surface area contributed by atoms with Gasteiger partial charge in [0.2, 0.25) is 11.9 Å². The Morgan fingerprint density at radius 1 is 1.36 bits per heavy atom. The Hall–Kier alpha value is -3.17. The van der Waals surface area contributed by atoms with Crippen LogP contribution in [0.5, 0.6) is 5.75 Å². The van der Waals surface area contributed by atoms with Crippen molar-refractivity contribution in [1.82, 2.24) is 25.9 Å². The van der Waals surface area contributed by atoms with Crippen molar-refractivity contribution < 1.29 is 19.4 Å². The number of nitrogens with zero attached hydrogens (tertiary/aromatic N) is 3. The third-order valence-corrected chi connectivity index (χ3v) is 2.80. The van der Waals surface area contributed by atoms with E-state index >= 15 is 0 Å². The van der Waals surface area contributed by atoms with E-state index in [1.54, 1.807) is 31.4 Å². The zero-order valence-electron chi connectivity index (χ0n) is 11.6. The van der Waals surface area contributed by atoms with Gasteiger partial charge in [-0.2, -0.15) is 0 Å². The van der Waals surface area contributed by atoms with Gasteiger partial charge >= 0.3 is 6.09 Å². The minimum absolute atomic E-state index is 0.0388. The number of nitrogens with one attached hydrogen (secondary N) is 3. The molecule has 0 aliphatic carbocycles. The quantitative estimate of drug-likeness (QED) is 0.589. The summed E-state index contributed by atoms with van der Waals surface area (Å²) in [6, 6.07) is 5.96. The number of carbonyl (C=O) groups is 2.